The lowest BCUT2D eigenvalue weighted by atomic mass is 10.2. The van der Waals surface area contributed by atoms with Crippen LogP contribution in [0.1, 0.15) is 18.4 Å². The predicted molar refractivity (Wildman–Crippen MR) is 64.5 cm³/mol. The molecular weight excluding hydrogens is 218 g/mol. The third-order valence-corrected chi connectivity index (χ3v) is 2.12. The SMILES string of the molecule is N#Cc1cccc(NC(=O)NCCCCO)c1. The molecule has 0 saturated heterocycles. The zero-order chi connectivity index (χ0) is 12.5. The number of unbranched alkanes of at least 4 members (excludes halogenated alkanes) is 1. The summed E-state index contributed by atoms with van der Waals surface area (Å²) in [4.78, 5) is 11.4. The molecule has 0 saturated carbocycles. The molecule has 0 spiro atoms. The molecule has 1 aromatic rings. The van der Waals surface area contributed by atoms with Crippen LogP contribution in [0.3, 0.4) is 0 Å². The van der Waals surface area contributed by atoms with Crippen LogP contribution in [0.4, 0.5) is 10.5 Å². The Morgan fingerprint density at radius 2 is 2.24 bits per heavy atom. The summed E-state index contributed by atoms with van der Waals surface area (Å²) in [5, 5.41) is 22.5. The molecule has 0 bridgehead atoms. The highest BCUT2D eigenvalue weighted by atomic mass is 16.3. The van der Waals surface area contributed by atoms with Crippen molar-refractivity contribution in [3.63, 3.8) is 0 Å². The van der Waals surface area contributed by atoms with E-state index < -0.39 is 0 Å². The summed E-state index contributed by atoms with van der Waals surface area (Å²) in [5.74, 6) is 0. The molecule has 0 aromatic heterocycles. The molecule has 0 aliphatic carbocycles. The first-order valence-corrected chi connectivity index (χ1v) is 5.42. The summed E-state index contributed by atoms with van der Waals surface area (Å²) in [6.45, 7) is 0.651. The smallest absolute Gasteiger partial charge is 0.319 e. The van der Waals surface area contributed by atoms with Gasteiger partial charge in [-0.3, -0.25) is 0 Å². The quantitative estimate of drug-likeness (QED) is 0.673. The molecule has 1 rings (SSSR count). The molecule has 0 aliphatic rings. The number of benzene rings is 1. The molecule has 0 unspecified atom stereocenters. The third kappa shape index (κ3) is 5.00. The largest absolute Gasteiger partial charge is 0.396 e. The van der Waals surface area contributed by atoms with Crippen molar-refractivity contribution in [2.24, 2.45) is 0 Å². The molecule has 5 nitrogen and oxygen atoms in total. The van der Waals surface area contributed by atoms with Crippen molar-refractivity contribution >= 4 is 11.7 Å². The van der Waals surface area contributed by atoms with E-state index in [1.54, 1.807) is 24.3 Å². The topological polar surface area (TPSA) is 85.2 Å². The molecule has 17 heavy (non-hydrogen) atoms. The molecule has 0 fully saturated rings. The Morgan fingerprint density at radius 1 is 1.41 bits per heavy atom. The van der Waals surface area contributed by atoms with E-state index in [-0.39, 0.29) is 12.6 Å². The van der Waals surface area contributed by atoms with Crippen LogP contribution in [0.2, 0.25) is 0 Å². The van der Waals surface area contributed by atoms with Crippen LogP contribution < -0.4 is 10.6 Å². The normalized spacial score (nSPS) is 9.41. The van der Waals surface area contributed by atoms with Gasteiger partial charge in [-0.15, -0.1) is 0 Å². The number of anilines is 1. The molecule has 90 valence electrons. The van der Waals surface area contributed by atoms with Crippen molar-refractivity contribution in [2.75, 3.05) is 18.5 Å². The van der Waals surface area contributed by atoms with Crippen LogP contribution in [0.15, 0.2) is 24.3 Å². The molecule has 1 aromatic carbocycles. The fourth-order valence-electron chi connectivity index (χ4n) is 1.28. The van der Waals surface area contributed by atoms with E-state index in [2.05, 4.69) is 10.6 Å². The van der Waals surface area contributed by atoms with Gasteiger partial charge in [0.2, 0.25) is 0 Å². The standard InChI is InChI=1S/C12H15N3O2/c13-9-10-4-3-5-11(8-10)15-12(17)14-6-1-2-7-16/h3-5,8,16H,1-2,6-7H2,(H2,14,15,17). The van der Waals surface area contributed by atoms with Crippen molar-refractivity contribution < 1.29 is 9.90 Å². The summed E-state index contributed by atoms with van der Waals surface area (Å²) in [6, 6.07) is 8.39. The summed E-state index contributed by atoms with van der Waals surface area (Å²) in [7, 11) is 0. The highest BCUT2D eigenvalue weighted by Gasteiger charge is 2.01. The number of hydrogen-bond acceptors (Lipinski definition) is 3. The molecule has 2 amide bonds. The van der Waals surface area contributed by atoms with Gasteiger partial charge < -0.3 is 15.7 Å². The van der Waals surface area contributed by atoms with Gasteiger partial charge in [0, 0.05) is 18.8 Å². The maximum atomic E-state index is 11.4. The fraction of sp³-hybridized carbons (Fsp3) is 0.333. The average Bonchev–Trinajstić information content (AvgIpc) is 2.35. The number of carbonyl (C=O) groups excluding carboxylic acids is 1. The van der Waals surface area contributed by atoms with Crippen LogP contribution in [0.25, 0.3) is 0 Å². The predicted octanol–water partition coefficient (Wildman–Crippen LogP) is 1.45. The fourth-order valence-corrected chi connectivity index (χ4v) is 1.28. The minimum atomic E-state index is -0.307. The number of urea groups is 1. The monoisotopic (exact) mass is 233 g/mol. The number of amides is 2. The Morgan fingerprint density at radius 3 is 2.94 bits per heavy atom. The first kappa shape index (κ1) is 13.0. The van der Waals surface area contributed by atoms with E-state index in [4.69, 9.17) is 10.4 Å². The summed E-state index contributed by atoms with van der Waals surface area (Å²) < 4.78 is 0. The van der Waals surface area contributed by atoms with Crippen LogP contribution in [-0.4, -0.2) is 24.3 Å². The van der Waals surface area contributed by atoms with Crippen LogP contribution in [0, 0.1) is 11.3 Å². The highest BCUT2D eigenvalue weighted by Crippen LogP contribution is 2.09. The lowest BCUT2D eigenvalue weighted by Gasteiger charge is -2.07. The van der Waals surface area contributed by atoms with E-state index >= 15 is 0 Å². The van der Waals surface area contributed by atoms with Gasteiger partial charge >= 0.3 is 6.03 Å². The van der Waals surface area contributed by atoms with Gasteiger partial charge in [-0.05, 0) is 31.0 Å². The van der Waals surface area contributed by atoms with E-state index in [0.29, 0.717) is 24.2 Å². The second-order valence-electron chi connectivity index (χ2n) is 3.50. The van der Waals surface area contributed by atoms with Crippen molar-refractivity contribution in [2.45, 2.75) is 12.8 Å². The minimum absolute atomic E-state index is 0.132. The summed E-state index contributed by atoms with van der Waals surface area (Å²) in [6.07, 6.45) is 1.41. The maximum absolute atomic E-state index is 11.4. The van der Waals surface area contributed by atoms with Gasteiger partial charge in [0.25, 0.3) is 0 Å². The van der Waals surface area contributed by atoms with E-state index in [9.17, 15) is 4.79 Å². The van der Waals surface area contributed by atoms with Gasteiger partial charge in [-0.25, -0.2) is 4.79 Å². The molecule has 3 N–H and O–H groups in total. The molecule has 0 heterocycles. The lowest BCUT2D eigenvalue weighted by molar-refractivity contribution is 0.250. The zero-order valence-electron chi connectivity index (χ0n) is 9.44. The van der Waals surface area contributed by atoms with Crippen LogP contribution >= 0.6 is 0 Å². The van der Waals surface area contributed by atoms with Crippen LogP contribution in [-0.2, 0) is 0 Å². The maximum Gasteiger partial charge on any atom is 0.319 e. The number of nitrogens with zero attached hydrogens (tertiary/aromatic N) is 1. The molecular formula is C12H15N3O2. The van der Waals surface area contributed by atoms with Crippen LogP contribution in [0.5, 0.6) is 0 Å². The van der Waals surface area contributed by atoms with Gasteiger partial charge in [-0.2, -0.15) is 5.26 Å². The Kier molecular flexibility index (Phi) is 5.55. The number of nitriles is 1. The second-order valence-corrected chi connectivity index (χ2v) is 3.50. The second kappa shape index (κ2) is 7.25. The number of aliphatic hydroxyl groups is 1. The van der Waals surface area contributed by atoms with E-state index in [0.717, 1.165) is 6.42 Å². The molecule has 0 atom stereocenters. The Bertz CT molecular complexity index is 412. The Balaban J connectivity index is 2.37. The number of aliphatic hydroxyl groups excluding tert-OH is 1. The lowest BCUT2D eigenvalue weighted by Crippen LogP contribution is -2.29. The van der Waals surface area contributed by atoms with E-state index in [1.165, 1.54) is 0 Å². The third-order valence-electron chi connectivity index (χ3n) is 2.12. The first-order chi connectivity index (χ1) is 8.26. The van der Waals surface area contributed by atoms with Gasteiger partial charge in [0.1, 0.15) is 0 Å². The van der Waals surface area contributed by atoms with Crippen molar-refractivity contribution in [3.8, 4) is 6.07 Å². The minimum Gasteiger partial charge on any atom is -0.396 e. The van der Waals surface area contributed by atoms with E-state index in [1.807, 2.05) is 6.07 Å². The number of carbonyl (C=O) groups is 1. The average molecular weight is 233 g/mol. The Labute approximate surface area is 100 Å². The zero-order valence-corrected chi connectivity index (χ0v) is 9.44. The number of hydrogen-bond donors (Lipinski definition) is 3. The van der Waals surface area contributed by atoms with Gasteiger partial charge in [-0.1, -0.05) is 6.07 Å². The van der Waals surface area contributed by atoms with Crippen molar-refractivity contribution in [3.05, 3.63) is 29.8 Å². The van der Waals surface area contributed by atoms with Gasteiger partial charge in [0.05, 0.1) is 11.6 Å². The van der Waals surface area contributed by atoms with Gasteiger partial charge in [0.15, 0.2) is 0 Å². The van der Waals surface area contributed by atoms with Crippen molar-refractivity contribution in [1.29, 1.82) is 5.26 Å². The first-order valence-electron chi connectivity index (χ1n) is 5.42. The molecule has 0 aliphatic heterocycles. The van der Waals surface area contributed by atoms with Crippen molar-refractivity contribution in [1.82, 2.24) is 5.32 Å². The summed E-state index contributed by atoms with van der Waals surface area (Å²) >= 11 is 0. The Hall–Kier alpha value is -2.06. The summed E-state index contributed by atoms with van der Waals surface area (Å²) in [5.41, 5.74) is 1.09. The number of nitrogens with one attached hydrogen (secondary N) is 2. The number of rotatable bonds is 5. The highest BCUT2D eigenvalue weighted by molar-refractivity contribution is 5.89. The molecule has 0 radical (unpaired) electrons. The molecule has 5 heteroatoms.